The minimum absolute atomic E-state index is 0.474. The predicted octanol–water partition coefficient (Wildman–Crippen LogP) is 5.08. The third-order valence-electron chi connectivity index (χ3n) is 3.81. The van der Waals surface area contributed by atoms with E-state index >= 15 is 0 Å². The Morgan fingerprint density at radius 1 is 1.12 bits per heavy atom. The summed E-state index contributed by atoms with van der Waals surface area (Å²) in [6.45, 7) is 2.18. The number of halogens is 1. The molecule has 1 aromatic rings. The monoisotopic (exact) mass is 236 g/mol. The molecule has 0 spiro atoms. The Kier molecular flexibility index (Phi) is 4.29. The second kappa shape index (κ2) is 5.72. The highest BCUT2D eigenvalue weighted by molar-refractivity contribution is 6.18. The van der Waals surface area contributed by atoms with Crippen LogP contribution in [0.3, 0.4) is 0 Å². The zero-order valence-electron chi connectivity index (χ0n) is 10.1. The van der Waals surface area contributed by atoms with Crippen LogP contribution in [-0.4, -0.2) is 5.88 Å². The first-order valence-corrected chi connectivity index (χ1v) is 7.00. The van der Waals surface area contributed by atoms with Crippen molar-refractivity contribution in [2.75, 3.05) is 5.88 Å². The Labute approximate surface area is 104 Å². The quantitative estimate of drug-likeness (QED) is 0.643. The first-order valence-electron chi connectivity index (χ1n) is 6.47. The summed E-state index contributed by atoms with van der Waals surface area (Å²) in [6.07, 6.45) is 7.00. The molecule has 0 heterocycles. The molecule has 1 saturated carbocycles. The summed E-state index contributed by atoms with van der Waals surface area (Å²) in [6, 6.07) is 9.15. The average Bonchev–Trinajstić information content (AvgIpc) is 2.39. The number of benzene rings is 1. The van der Waals surface area contributed by atoms with E-state index in [4.69, 9.17) is 11.6 Å². The average molecular weight is 237 g/mol. The van der Waals surface area contributed by atoms with E-state index in [0.29, 0.717) is 11.8 Å². The summed E-state index contributed by atoms with van der Waals surface area (Å²) >= 11 is 5.87. The maximum atomic E-state index is 5.87. The Bertz CT molecular complexity index is 309. The molecule has 0 radical (unpaired) electrons. The molecule has 0 N–H and O–H groups in total. The molecule has 0 nitrogen and oxygen atoms in total. The minimum Gasteiger partial charge on any atom is -0.126 e. The van der Waals surface area contributed by atoms with Gasteiger partial charge in [0.15, 0.2) is 0 Å². The van der Waals surface area contributed by atoms with Crippen LogP contribution in [0, 0.1) is 0 Å². The van der Waals surface area contributed by atoms with Crippen molar-refractivity contribution in [3.05, 3.63) is 35.4 Å². The van der Waals surface area contributed by atoms with E-state index in [2.05, 4.69) is 31.2 Å². The zero-order chi connectivity index (χ0) is 11.4. The standard InChI is InChI=1S/C15H21Cl/c1-12(11-16)13-7-9-15(10-8-13)14-5-3-2-4-6-14/h7-10,12,14H,2-6,11H2,1H3. The molecular formula is C15H21Cl. The van der Waals surface area contributed by atoms with Crippen molar-refractivity contribution < 1.29 is 0 Å². The summed E-state index contributed by atoms with van der Waals surface area (Å²) in [5, 5.41) is 0. The van der Waals surface area contributed by atoms with Crippen molar-refractivity contribution in [1.29, 1.82) is 0 Å². The van der Waals surface area contributed by atoms with E-state index in [1.165, 1.54) is 43.2 Å². The van der Waals surface area contributed by atoms with Gasteiger partial charge < -0.3 is 0 Å². The summed E-state index contributed by atoms with van der Waals surface area (Å²) in [5.41, 5.74) is 2.90. The molecule has 16 heavy (non-hydrogen) atoms. The van der Waals surface area contributed by atoms with Gasteiger partial charge in [-0.1, -0.05) is 50.5 Å². The van der Waals surface area contributed by atoms with Gasteiger partial charge in [-0.2, -0.15) is 0 Å². The van der Waals surface area contributed by atoms with Crippen LogP contribution in [0.1, 0.15) is 62.0 Å². The molecule has 1 aliphatic rings. The minimum atomic E-state index is 0.474. The van der Waals surface area contributed by atoms with Crippen molar-refractivity contribution in [3.63, 3.8) is 0 Å². The van der Waals surface area contributed by atoms with Gasteiger partial charge in [0.1, 0.15) is 0 Å². The molecular weight excluding hydrogens is 216 g/mol. The molecule has 0 amide bonds. The fourth-order valence-electron chi connectivity index (χ4n) is 2.62. The van der Waals surface area contributed by atoms with Crippen LogP contribution in [-0.2, 0) is 0 Å². The fraction of sp³-hybridized carbons (Fsp3) is 0.600. The molecule has 0 saturated heterocycles. The smallest absolute Gasteiger partial charge is 0.0289 e. The summed E-state index contributed by atoms with van der Waals surface area (Å²) in [4.78, 5) is 0. The number of rotatable bonds is 3. The fourth-order valence-corrected chi connectivity index (χ4v) is 2.80. The zero-order valence-corrected chi connectivity index (χ0v) is 10.8. The van der Waals surface area contributed by atoms with E-state index in [1.54, 1.807) is 0 Å². The van der Waals surface area contributed by atoms with Crippen molar-refractivity contribution in [2.45, 2.75) is 50.9 Å². The SMILES string of the molecule is CC(CCl)c1ccc(C2CCCCC2)cc1. The lowest BCUT2D eigenvalue weighted by Crippen LogP contribution is -2.04. The Morgan fingerprint density at radius 2 is 1.75 bits per heavy atom. The normalized spacial score (nSPS) is 19.6. The highest BCUT2D eigenvalue weighted by atomic mass is 35.5. The molecule has 0 aliphatic heterocycles. The van der Waals surface area contributed by atoms with Crippen LogP contribution in [0.4, 0.5) is 0 Å². The Hall–Kier alpha value is -0.490. The van der Waals surface area contributed by atoms with Gasteiger partial charge in [-0.15, -0.1) is 11.6 Å². The van der Waals surface area contributed by atoms with Crippen LogP contribution < -0.4 is 0 Å². The lowest BCUT2D eigenvalue weighted by molar-refractivity contribution is 0.443. The van der Waals surface area contributed by atoms with Gasteiger partial charge in [-0.3, -0.25) is 0 Å². The van der Waals surface area contributed by atoms with Gasteiger partial charge in [0.25, 0.3) is 0 Å². The van der Waals surface area contributed by atoms with Gasteiger partial charge in [0, 0.05) is 5.88 Å². The van der Waals surface area contributed by atoms with E-state index in [1.807, 2.05) is 0 Å². The topological polar surface area (TPSA) is 0 Å². The van der Waals surface area contributed by atoms with E-state index in [9.17, 15) is 0 Å². The second-order valence-corrected chi connectivity index (χ2v) is 5.37. The molecule has 1 aliphatic carbocycles. The molecule has 0 aromatic heterocycles. The number of hydrogen-bond acceptors (Lipinski definition) is 0. The van der Waals surface area contributed by atoms with Gasteiger partial charge in [0.2, 0.25) is 0 Å². The van der Waals surface area contributed by atoms with Crippen molar-refractivity contribution in [1.82, 2.24) is 0 Å². The third-order valence-corrected chi connectivity index (χ3v) is 4.28. The third kappa shape index (κ3) is 2.79. The molecule has 88 valence electrons. The Morgan fingerprint density at radius 3 is 2.31 bits per heavy atom. The molecule has 0 bridgehead atoms. The largest absolute Gasteiger partial charge is 0.126 e. The predicted molar refractivity (Wildman–Crippen MR) is 71.4 cm³/mol. The molecule has 1 atom stereocenters. The summed E-state index contributed by atoms with van der Waals surface area (Å²) in [7, 11) is 0. The van der Waals surface area contributed by atoms with Gasteiger partial charge in [-0.25, -0.2) is 0 Å². The molecule has 1 aromatic carbocycles. The van der Waals surface area contributed by atoms with Crippen molar-refractivity contribution in [3.8, 4) is 0 Å². The summed E-state index contributed by atoms with van der Waals surface area (Å²) < 4.78 is 0. The van der Waals surface area contributed by atoms with Crippen molar-refractivity contribution in [2.24, 2.45) is 0 Å². The maximum Gasteiger partial charge on any atom is 0.0289 e. The van der Waals surface area contributed by atoms with Crippen LogP contribution in [0.5, 0.6) is 0 Å². The van der Waals surface area contributed by atoms with Crippen LogP contribution >= 0.6 is 11.6 Å². The second-order valence-electron chi connectivity index (χ2n) is 5.06. The highest BCUT2D eigenvalue weighted by Gasteiger charge is 2.15. The molecule has 1 unspecified atom stereocenters. The van der Waals surface area contributed by atoms with Gasteiger partial charge in [-0.05, 0) is 35.8 Å². The first-order chi connectivity index (χ1) is 7.81. The van der Waals surface area contributed by atoms with Crippen molar-refractivity contribution >= 4 is 11.6 Å². The van der Waals surface area contributed by atoms with E-state index in [0.717, 1.165) is 5.92 Å². The number of hydrogen-bond donors (Lipinski definition) is 0. The van der Waals surface area contributed by atoms with Crippen LogP contribution in [0.15, 0.2) is 24.3 Å². The molecule has 1 heteroatoms. The van der Waals surface area contributed by atoms with E-state index in [-0.39, 0.29) is 0 Å². The van der Waals surface area contributed by atoms with Gasteiger partial charge >= 0.3 is 0 Å². The van der Waals surface area contributed by atoms with Crippen LogP contribution in [0.25, 0.3) is 0 Å². The first kappa shape index (κ1) is 12.0. The maximum absolute atomic E-state index is 5.87. The Balaban J connectivity index is 2.06. The van der Waals surface area contributed by atoms with E-state index < -0.39 is 0 Å². The molecule has 1 fully saturated rings. The molecule has 2 rings (SSSR count). The van der Waals surface area contributed by atoms with Crippen LogP contribution in [0.2, 0.25) is 0 Å². The lowest BCUT2D eigenvalue weighted by atomic mass is 9.83. The van der Waals surface area contributed by atoms with Gasteiger partial charge in [0.05, 0.1) is 0 Å². The summed E-state index contributed by atoms with van der Waals surface area (Å²) in [5.74, 6) is 2.00. The number of alkyl halides is 1. The highest BCUT2D eigenvalue weighted by Crippen LogP contribution is 2.33. The lowest BCUT2D eigenvalue weighted by Gasteiger charge is -2.22.